The van der Waals surface area contributed by atoms with Crippen LogP contribution in [0.15, 0.2) is 5.10 Å². The first-order chi connectivity index (χ1) is 5.49. The van der Waals surface area contributed by atoms with Gasteiger partial charge in [0.25, 0.3) is 0 Å². The lowest BCUT2D eigenvalue weighted by Crippen LogP contribution is -2.41. The van der Waals surface area contributed by atoms with E-state index >= 15 is 0 Å². The number of aldehydes is 1. The van der Waals surface area contributed by atoms with Crippen LogP contribution in [0.2, 0.25) is 0 Å². The SMILES string of the molecule is CC(C=O)=NN(C(=N)N)C(=N)N. The first-order valence-electron chi connectivity index (χ1n) is 2.97. The van der Waals surface area contributed by atoms with Gasteiger partial charge in [-0.1, -0.05) is 0 Å². The zero-order valence-electron chi connectivity index (χ0n) is 6.53. The highest BCUT2D eigenvalue weighted by molar-refractivity contribution is 6.27. The minimum absolute atomic E-state index is 0.0837. The molecule has 7 heteroatoms. The lowest BCUT2D eigenvalue weighted by Gasteiger charge is -2.13. The number of carbonyl (C=O) groups excluding carboxylic acids is 1. The molecular formula is C5H10N6O. The summed E-state index contributed by atoms with van der Waals surface area (Å²) in [5, 5.41) is 17.9. The summed E-state index contributed by atoms with van der Waals surface area (Å²) < 4.78 is 0. The van der Waals surface area contributed by atoms with Crippen molar-refractivity contribution >= 4 is 23.9 Å². The van der Waals surface area contributed by atoms with Gasteiger partial charge in [0.2, 0.25) is 11.9 Å². The molecule has 0 unspecified atom stereocenters. The molecule has 0 saturated heterocycles. The van der Waals surface area contributed by atoms with E-state index in [1.807, 2.05) is 0 Å². The number of rotatable bonds is 2. The van der Waals surface area contributed by atoms with Gasteiger partial charge in [0.05, 0.1) is 5.71 Å². The first-order valence-corrected chi connectivity index (χ1v) is 2.97. The fraction of sp³-hybridized carbons (Fsp3) is 0.200. The van der Waals surface area contributed by atoms with Crippen LogP contribution in [0.25, 0.3) is 0 Å². The molecular weight excluding hydrogens is 160 g/mol. The van der Waals surface area contributed by atoms with Crippen molar-refractivity contribution in [3.63, 3.8) is 0 Å². The van der Waals surface area contributed by atoms with E-state index in [0.717, 1.165) is 0 Å². The first kappa shape index (κ1) is 10.1. The van der Waals surface area contributed by atoms with Gasteiger partial charge in [0, 0.05) is 0 Å². The second kappa shape index (κ2) is 4.06. The Balaban J connectivity index is 4.65. The number of hydrazone groups is 1. The highest BCUT2D eigenvalue weighted by atomic mass is 16.1. The van der Waals surface area contributed by atoms with Gasteiger partial charge in [0.1, 0.15) is 0 Å². The van der Waals surface area contributed by atoms with Gasteiger partial charge in [-0.05, 0) is 6.92 Å². The molecule has 0 fully saturated rings. The van der Waals surface area contributed by atoms with Crippen LogP contribution in [-0.4, -0.2) is 28.9 Å². The highest BCUT2D eigenvalue weighted by Crippen LogP contribution is 1.86. The van der Waals surface area contributed by atoms with Crippen LogP contribution in [0.3, 0.4) is 0 Å². The van der Waals surface area contributed by atoms with Crippen molar-refractivity contribution in [2.24, 2.45) is 16.6 Å². The molecule has 0 radical (unpaired) electrons. The zero-order chi connectivity index (χ0) is 9.72. The quantitative estimate of drug-likeness (QED) is 0.176. The fourth-order valence-corrected chi connectivity index (χ4v) is 0.419. The van der Waals surface area contributed by atoms with Crippen LogP contribution in [0.1, 0.15) is 6.92 Å². The molecule has 0 aliphatic rings. The normalized spacial score (nSPS) is 10.6. The summed E-state index contributed by atoms with van der Waals surface area (Å²) in [6.07, 6.45) is 0.471. The molecule has 0 amide bonds. The molecule has 66 valence electrons. The lowest BCUT2D eigenvalue weighted by molar-refractivity contribution is -0.102. The second-order valence-corrected chi connectivity index (χ2v) is 1.94. The van der Waals surface area contributed by atoms with Crippen molar-refractivity contribution in [3.8, 4) is 0 Å². The minimum Gasteiger partial charge on any atom is -0.368 e. The maximum absolute atomic E-state index is 10.1. The number of nitrogens with two attached hydrogens (primary N) is 2. The molecule has 0 rings (SSSR count). The minimum atomic E-state index is -0.510. The maximum Gasteiger partial charge on any atom is 0.216 e. The summed E-state index contributed by atoms with van der Waals surface area (Å²) in [6, 6.07) is 0. The number of nitrogens with one attached hydrogen (secondary N) is 2. The van der Waals surface area contributed by atoms with Crippen LogP contribution in [0.5, 0.6) is 0 Å². The Kier molecular flexibility index (Phi) is 3.41. The summed E-state index contributed by atoms with van der Waals surface area (Å²) in [5.74, 6) is -1.02. The van der Waals surface area contributed by atoms with Crippen molar-refractivity contribution in [1.82, 2.24) is 5.01 Å². The molecule has 0 atom stereocenters. The van der Waals surface area contributed by atoms with Gasteiger partial charge in [-0.15, -0.1) is 0 Å². The van der Waals surface area contributed by atoms with E-state index in [9.17, 15) is 4.79 Å². The number of hydrogen-bond donors (Lipinski definition) is 4. The van der Waals surface area contributed by atoms with Crippen molar-refractivity contribution in [2.45, 2.75) is 6.92 Å². The number of guanidine groups is 2. The molecule has 0 aromatic heterocycles. The van der Waals surface area contributed by atoms with Crippen LogP contribution in [0, 0.1) is 10.8 Å². The number of carbonyl (C=O) groups is 1. The summed E-state index contributed by atoms with van der Waals surface area (Å²) in [6.45, 7) is 1.41. The van der Waals surface area contributed by atoms with E-state index in [0.29, 0.717) is 11.3 Å². The molecule has 0 aromatic carbocycles. The van der Waals surface area contributed by atoms with E-state index < -0.39 is 11.9 Å². The molecule has 12 heavy (non-hydrogen) atoms. The maximum atomic E-state index is 10.1. The third kappa shape index (κ3) is 2.78. The van der Waals surface area contributed by atoms with Gasteiger partial charge in [-0.25, -0.2) is 0 Å². The van der Waals surface area contributed by atoms with Crippen molar-refractivity contribution in [2.75, 3.05) is 0 Å². The van der Waals surface area contributed by atoms with Crippen molar-refractivity contribution in [1.29, 1.82) is 10.8 Å². The Hall–Kier alpha value is -1.92. The molecule has 0 aliphatic carbocycles. The lowest BCUT2D eigenvalue weighted by atomic mass is 10.5. The van der Waals surface area contributed by atoms with Gasteiger partial charge in [-0.2, -0.15) is 10.1 Å². The van der Waals surface area contributed by atoms with Gasteiger partial charge in [0.15, 0.2) is 6.29 Å². The number of hydrogen-bond acceptors (Lipinski definition) is 4. The molecule has 7 nitrogen and oxygen atoms in total. The number of nitrogens with zero attached hydrogens (tertiary/aromatic N) is 2. The third-order valence-corrected chi connectivity index (χ3v) is 0.885. The molecule has 0 aromatic rings. The van der Waals surface area contributed by atoms with Crippen molar-refractivity contribution < 1.29 is 4.79 Å². The summed E-state index contributed by atoms with van der Waals surface area (Å²) in [5.41, 5.74) is 10.1. The highest BCUT2D eigenvalue weighted by Gasteiger charge is 2.07. The van der Waals surface area contributed by atoms with Crippen LogP contribution in [0.4, 0.5) is 0 Å². The van der Waals surface area contributed by atoms with E-state index in [4.69, 9.17) is 22.3 Å². The van der Waals surface area contributed by atoms with E-state index in [1.54, 1.807) is 0 Å². The predicted molar refractivity (Wildman–Crippen MR) is 44.8 cm³/mol. The monoisotopic (exact) mass is 170 g/mol. The fourth-order valence-electron chi connectivity index (χ4n) is 0.419. The van der Waals surface area contributed by atoms with Crippen LogP contribution < -0.4 is 11.5 Å². The molecule has 0 heterocycles. The second-order valence-electron chi connectivity index (χ2n) is 1.94. The summed E-state index contributed by atoms with van der Waals surface area (Å²) >= 11 is 0. The average molecular weight is 170 g/mol. The topological polar surface area (TPSA) is 132 Å². The third-order valence-electron chi connectivity index (χ3n) is 0.885. The van der Waals surface area contributed by atoms with Crippen LogP contribution >= 0.6 is 0 Å². The summed E-state index contributed by atoms with van der Waals surface area (Å²) in [7, 11) is 0. The largest absolute Gasteiger partial charge is 0.368 e. The zero-order valence-corrected chi connectivity index (χ0v) is 6.53. The predicted octanol–water partition coefficient (Wildman–Crippen LogP) is -1.35. The Morgan fingerprint density at radius 2 is 1.83 bits per heavy atom. The Bertz CT molecular complexity index is 230. The molecule has 0 saturated carbocycles. The smallest absolute Gasteiger partial charge is 0.216 e. The summed E-state index contributed by atoms with van der Waals surface area (Å²) in [4.78, 5) is 10.1. The Labute approximate surface area is 69.0 Å². The van der Waals surface area contributed by atoms with Gasteiger partial charge in [-0.3, -0.25) is 15.6 Å². The van der Waals surface area contributed by atoms with Crippen molar-refractivity contribution in [3.05, 3.63) is 0 Å². The van der Waals surface area contributed by atoms with E-state index in [2.05, 4.69) is 5.10 Å². The standard InChI is InChI=1S/C5H10N6O/c1-3(2-12)10-11(4(6)7)5(8)9/h2H,1H3,(H3,6,7)(H3,8,9). The van der Waals surface area contributed by atoms with E-state index in [1.165, 1.54) is 6.92 Å². The van der Waals surface area contributed by atoms with Gasteiger partial charge < -0.3 is 11.5 Å². The Morgan fingerprint density at radius 3 is 2.08 bits per heavy atom. The molecule has 0 spiro atoms. The molecule has 0 bridgehead atoms. The van der Waals surface area contributed by atoms with Crippen LogP contribution in [-0.2, 0) is 4.79 Å². The Morgan fingerprint density at radius 1 is 1.42 bits per heavy atom. The molecule has 6 N–H and O–H groups in total. The molecule has 0 aliphatic heterocycles. The van der Waals surface area contributed by atoms with E-state index in [-0.39, 0.29) is 5.71 Å². The van der Waals surface area contributed by atoms with Gasteiger partial charge >= 0.3 is 0 Å². The average Bonchev–Trinajstić information content (AvgIpc) is 1.98.